The Morgan fingerprint density at radius 2 is 1.75 bits per heavy atom. The molecule has 214 valence electrons. The molecule has 0 atom stereocenters. The fraction of sp³-hybridized carbons (Fsp3) is 0.433. The maximum atomic E-state index is 13.7. The molecule has 1 aromatic heterocycles. The predicted octanol–water partition coefficient (Wildman–Crippen LogP) is 7.15. The number of anilines is 2. The van der Waals surface area contributed by atoms with Crippen LogP contribution in [0.2, 0.25) is 0 Å². The van der Waals surface area contributed by atoms with Gasteiger partial charge in [-0.05, 0) is 75.6 Å². The molecule has 1 aliphatic heterocycles. The number of halogens is 3. The van der Waals surface area contributed by atoms with Gasteiger partial charge >= 0.3 is 12.3 Å². The minimum absolute atomic E-state index is 0.0628. The van der Waals surface area contributed by atoms with E-state index in [-0.39, 0.29) is 30.1 Å². The zero-order chi connectivity index (χ0) is 28.9. The van der Waals surface area contributed by atoms with Gasteiger partial charge in [0.25, 0.3) is 0 Å². The van der Waals surface area contributed by atoms with E-state index in [1.165, 1.54) is 7.11 Å². The van der Waals surface area contributed by atoms with Gasteiger partial charge in [0.05, 0.1) is 24.1 Å². The molecule has 2 heterocycles. The summed E-state index contributed by atoms with van der Waals surface area (Å²) in [5.41, 5.74) is 1.09. The molecule has 2 aromatic carbocycles. The van der Waals surface area contributed by atoms with Crippen LogP contribution in [-0.2, 0) is 23.8 Å². The van der Waals surface area contributed by atoms with Gasteiger partial charge in [0.15, 0.2) is 0 Å². The third-order valence-electron chi connectivity index (χ3n) is 6.76. The first-order valence-electron chi connectivity index (χ1n) is 13.3. The number of hydrogen-bond donors (Lipinski definition) is 1. The van der Waals surface area contributed by atoms with E-state index in [1.807, 2.05) is 69.3 Å². The van der Waals surface area contributed by atoms with Crippen molar-refractivity contribution in [2.75, 3.05) is 25.5 Å². The van der Waals surface area contributed by atoms with Crippen LogP contribution in [0.15, 0.2) is 54.7 Å². The Kier molecular flexibility index (Phi) is 8.85. The molecule has 10 heteroatoms. The summed E-state index contributed by atoms with van der Waals surface area (Å²) in [5.74, 6) is 0.822. The molecule has 0 unspecified atom stereocenters. The number of carbonyl (C=O) groups is 1. The number of methoxy groups -OCH3 is 1. The number of carbonyl (C=O) groups excluding carboxylic acids is 1. The monoisotopic (exact) mass is 556 g/mol. The molecule has 7 nitrogen and oxygen atoms in total. The van der Waals surface area contributed by atoms with Gasteiger partial charge in [-0.3, -0.25) is 0 Å². The van der Waals surface area contributed by atoms with E-state index in [4.69, 9.17) is 9.47 Å². The Bertz CT molecular complexity index is 1300. The Balaban J connectivity index is 1.47. The second-order valence-corrected chi connectivity index (χ2v) is 10.9. The summed E-state index contributed by atoms with van der Waals surface area (Å²) >= 11 is 0. The van der Waals surface area contributed by atoms with Crippen LogP contribution in [0.3, 0.4) is 0 Å². The van der Waals surface area contributed by atoms with Crippen molar-refractivity contribution in [1.82, 2.24) is 14.9 Å². The summed E-state index contributed by atoms with van der Waals surface area (Å²) in [6.45, 7) is 6.72. The third kappa shape index (κ3) is 7.64. The van der Waals surface area contributed by atoms with Crippen LogP contribution in [0.25, 0.3) is 0 Å². The van der Waals surface area contributed by atoms with Crippen LogP contribution < -0.4 is 10.1 Å². The summed E-state index contributed by atoms with van der Waals surface area (Å²) < 4.78 is 52.1. The number of rotatable bonds is 7. The lowest BCUT2D eigenvalue weighted by Gasteiger charge is -2.33. The summed E-state index contributed by atoms with van der Waals surface area (Å²) in [5, 5.41) is 3.03. The molecule has 3 aromatic rings. The van der Waals surface area contributed by atoms with Crippen LogP contribution in [0.4, 0.5) is 29.6 Å². The minimum Gasteiger partial charge on any atom is -0.495 e. The Morgan fingerprint density at radius 3 is 2.38 bits per heavy atom. The van der Waals surface area contributed by atoms with Gasteiger partial charge in [0, 0.05) is 19.3 Å². The average Bonchev–Trinajstić information content (AvgIpc) is 2.91. The molecule has 4 rings (SSSR count). The highest BCUT2D eigenvalue weighted by molar-refractivity contribution is 5.68. The van der Waals surface area contributed by atoms with Gasteiger partial charge in [0.2, 0.25) is 5.95 Å². The van der Waals surface area contributed by atoms with Crippen molar-refractivity contribution in [1.29, 1.82) is 0 Å². The van der Waals surface area contributed by atoms with Crippen LogP contribution in [0.1, 0.15) is 61.9 Å². The van der Waals surface area contributed by atoms with E-state index in [0.29, 0.717) is 30.9 Å². The normalized spacial score (nSPS) is 14.6. The summed E-state index contributed by atoms with van der Waals surface area (Å²) in [4.78, 5) is 22.3. The van der Waals surface area contributed by atoms with Gasteiger partial charge < -0.3 is 19.7 Å². The van der Waals surface area contributed by atoms with Crippen molar-refractivity contribution in [2.45, 2.75) is 64.1 Å². The Morgan fingerprint density at radius 1 is 1.05 bits per heavy atom. The van der Waals surface area contributed by atoms with E-state index in [1.54, 1.807) is 4.90 Å². The van der Waals surface area contributed by atoms with E-state index in [9.17, 15) is 18.0 Å². The number of hydrogen-bond acceptors (Lipinski definition) is 6. The number of aryl methyl sites for hydroxylation is 2. The lowest BCUT2D eigenvalue weighted by molar-refractivity contribution is -0.138. The van der Waals surface area contributed by atoms with Crippen molar-refractivity contribution in [3.05, 3.63) is 77.1 Å². The van der Waals surface area contributed by atoms with Crippen molar-refractivity contribution in [3.63, 3.8) is 0 Å². The smallest absolute Gasteiger partial charge is 0.419 e. The number of alkyl halides is 3. The van der Waals surface area contributed by atoms with Crippen LogP contribution >= 0.6 is 0 Å². The highest BCUT2D eigenvalue weighted by Gasteiger charge is 2.35. The highest BCUT2D eigenvalue weighted by atomic mass is 19.4. The topological polar surface area (TPSA) is 76.6 Å². The minimum atomic E-state index is -4.55. The Labute approximate surface area is 232 Å². The molecule has 1 aliphatic rings. The van der Waals surface area contributed by atoms with Crippen molar-refractivity contribution in [3.8, 4) is 5.75 Å². The molecule has 0 radical (unpaired) electrons. The van der Waals surface area contributed by atoms with Crippen molar-refractivity contribution < 1.29 is 27.4 Å². The summed E-state index contributed by atoms with van der Waals surface area (Å²) in [6.07, 6.45) is -1.93. The molecule has 0 saturated carbocycles. The molecule has 1 N–H and O–H groups in total. The van der Waals surface area contributed by atoms with Gasteiger partial charge in [-0.15, -0.1) is 0 Å². The van der Waals surface area contributed by atoms with E-state index >= 15 is 0 Å². The van der Waals surface area contributed by atoms with Crippen LogP contribution in [0, 0.1) is 0 Å². The molecular formula is C30H35F3N4O3. The number of benzene rings is 2. The number of likely N-dealkylation sites (tertiary alicyclic amines) is 1. The summed E-state index contributed by atoms with van der Waals surface area (Å²) in [6, 6.07) is 15.0. The second-order valence-electron chi connectivity index (χ2n) is 10.9. The molecule has 0 spiro atoms. The molecule has 40 heavy (non-hydrogen) atoms. The third-order valence-corrected chi connectivity index (χ3v) is 6.76. The second kappa shape index (κ2) is 12.1. The molecule has 1 amide bonds. The van der Waals surface area contributed by atoms with Crippen molar-refractivity contribution >= 4 is 17.7 Å². The van der Waals surface area contributed by atoms with E-state index < -0.39 is 17.3 Å². The van der Waals surface area contributed by atoms with E-state index in [0.717, 1.165) is 30.2 Å². The largest absolute Gasteiger partial charge is 0.495 e. The maximum absolute atomic E-state index is 13.7. The molecule has 1 fully saturated rings. The molecular weight excluding hydrogens is 521 g/mol. The fourth-order valence-corrected chi connectivity index (χ4v) is 4.72. The van der Waals surface area contributed by atoms with Gasteiger partial charge in [-0.2, -0.15) is 13.2 Å². The number of nitrogens with one attached hydrogen (secondary N) is 1. The number of piperidine rings is 1. The number of aromatic nitrogens is 2. The maximum Gasteiger partial charge on any atom is 0.419 e. The lowest BCUT2D eigenvalue weighted by Crippen LogP contribution is -2.41. The number of nitrogens with zero attached hydrogens (tertiary/aromatic N) is 3. The lowest BCUT2D eigenvalue weighted by atomic mass is 9.89. The zero-order valence-electron chi connectivity index (χ0n) is 23.2. The van der Waals surface area contributed by atoms with E-state index in [2.05, 4.69) is 15.3 Å². The Hall–Kier alpha value is -3.82. The first kappa shape index (κ1) is 29.2. The highest BCUT2D eigenvalue weighted by Crippen LogP contribution is 2.36. The zero-order valence-corrected chi connectivity index (χ0v) is 23.2. The number of ether oxygens (including phenoxy) is 2. The van der Waals surface area contributed by atoms with Gasteiger partial charge in [-0.1, -0.05) is 36.4 Å². The summed E-state index contributed by atoms with van der Waals surface area (Å²) in [7, 11) is 1.54. The van der Waals surface area contributed by atoms with Gasteiger partial charge in [0.1, 0.15) is 11.4 Å². The molecule has 0 bridgehead atoms. The van der Waals surface area contributed by atoms with Gasteiger partial charge in [-0.25, -0.2) is 14.8 Å². The first-order chi connectivity index (χ1) is 18.9. The molecule has 0 aliphatic carbocycles. The quantitative estimate of drug-likeness (QED) is 0.333. The predicted molar refractivity (Wildman–Crippen MR) is 147 cm³/mol. The van der Waals surface area contributed by atoms with Crippen LogP contribution in [-0.4, -0.2) is 46.8 Å². The molecule has 1 saturated heterocycles. The number of amides is 1. The standard InChI is InChI=1S/C30H35F3N4O3/c1-29(2,3)40-28(38)37-16-14-21(15-17-37)22-11-13-25(26(18-22)39-4)36-27-34-19-23(30(31,32)33)24(35-27)12-10-20-8-6-5-7-9-20/h5-9,11,13,18-19,21H,10,12,14-17H2,1-4H3,(H,34,35,36). The van der Waals surface area contributed by atoms with Crippen molar-refractivity contribution in [2.24, 2.45) is 0 Å². The SMILES string of the molecule is COc1cc(C2CCN(C(=O)OC(C)(C)C)CC2)ccc1Nc1ncc(C(F)(F)F)c(CCc2ccccc2)n1. The average molecular weight is 557 g/mol. The fourth-order valence-electron chi connectivity index (χ4n) is 4.72. The first-order valence-corrected chi connectivity index (χ1v) is 13.3. The van der Waals surface area contributed by atoms with Crippen LogP contribution in [0.5, 0.6) is 5.75 Å².